The average Bonchev–Trinajstić information content (AvgIpc) is 3.14. The van der Waals surface area contributed by atoms with Gasteiger partial charge in [0.25, 0.3) is 0 Å². The zero-order valence-corrected chi connectivity index (χ0v) is 16.6. The Hall–Kier alpha value is -4.03. The molecule has 0 fully saturated rings. The molecule has 0 bridgehead atoms. The zero-order valence-electron chi connectivity index (χ0n) is 16.6. The molecule has 4 rings (SSSR count). The predicted molar refractivity (Wildman–Crippen MR) is 104 cm³/mol. The molecule has 1 aromatic carbocycles. The Morgan fingerprint density at radius 2 is 1.61 bits per heavy atom. The summed E-state index contributed by atoms with van der Waals surface area (Å²) in [5.41, 5.74) is -1.20. The number of benzene rings is 1. The van der Waals surface area contributed by atoms with Crippen LogP contribution in [-0.2, 0) is 6.18 Å². The number of nitrogens with zero attached hydrogens (tertiary/aromatic N) is 5. The lowest BCUT2D eigenvalue weighted by molar-refractivity contribution is -0.274. The molecule has 0 atom stereocenters. The van der Waals surface area contributed by atoms with Crippen LogP contribution in [0.5, 0.6) is 11.5 Å². The van der Waals surface area contributed by atoms with E-state index in [0.29, 0.717) is 0 Å². The minimum atomic E-state index is -4.92. The maximum Gasteiger partial charge on any atom is 0.573 e. The molecule has 4 aromatic rings. The number of methoxy groups -OCH3 is 1. The molecule has 0 N–H and O–H groups in total. The maximum absolute atomic E-state index is 14.0. The summed E-state index contributed by atoms with van der Waals surface area (Å²) in [6.45, 7) is 0. The van der Waals surface area contributed by atoms with Gasteiger partial charge in [-0.2, -0.15) is 13.2 Å². The monoisotopic (exact) mass is 469 g/mol. The molecule has 0 amide bonds. The topological polar surface area (TPSA) is 64.8 Å². The standard InChI is InChI=1S/C20H13F6N5O2/c1-32-14-6-7-16-29-17(19(21,22)23)18(30(16)10-14)31(15-8-9-27-11-28-15)12-2-4-13(5-3-12)33-20(24,25)26/h2-11H,1H3. The van der Waals surface area contributed by atoms with Crippen LogP contribution in [-0.4, -0.2) is 32.8 Å². The number of alkyl halides is 6. The zero-order chi connectivity index (χ0) is 23.8. The van der Waals surface area contributed by atoms with Crippen LogP contribution in [0.25, 0.3) is 5.65 Å². The first kappa shape index (κ1) is 22.2. The van der Waals surface area contributed by atoms with E-state index in [2.05, 4.69) is 19.7 Å². The summed E-state index contributed by atoms with van der Waals surface area (Å²) in [4.78, 5) is 12.6. The molecule has 0 radical (unpaired) electrons. The van der Waals surface area contributed by atoms with Gasteiger partial charge >= 0.3 is 12.5 Å². The van der Waals surface area contributed by atoms with Crippen molar-refractivity contribution in [2.45, 2.75) is 12.5 Å². The fourth-order valence-electron chi connectivity index (χ4n) is 3.11. The third-order valence-electron chi connectivity index (χ3n) is 4.41. The summed E-state index contributed by atoms with van der Waals surface area (Å²) in [5.74, 6) is -0.708. The molecule has 172 valence electrons. The van der Waals surface area contributed by atoms with Crippen molar-refractivity contribution in [2.75, 3.05) is 12.0 Å². The van der Waals surface area contributed by atoms with E-state index in [1.54, 1.807) is 0 Å². The van der Waals surface area contributed by atoms with Crippen LogP contribution in [0.15, 0.2) is 61.2 Å². The first-order valence-electron chi connectivity index (χ1n) is 9.12. The highest BCUT2D eigenvalue weighted by atomic mass is 19.4. The van der Waals surface area contributed by atoms with Gasteiger partial charge in [-0.05, 0) is 42.5 Å². The molecule has 33 heavy (non-hydrogen) atoms. The molecular formula is C20H13F6N5O2. The first-order valence-corrected chi connectivity index (χ1v) is 9.12. The third kappa shape index (κ3) is 4.61. The maximum atomic E-state index is 14.0. The summed E-state index contributed by atoms with van der Waals surface area (Å²) < 4.78 is 89.7. The van der Waals surface area contributed by atoms with Gasteiger partial charge in [-0.3, -0.25) is 9.30 Å². The van der Waals surface area contributed by atoms with Gasteiger partial charge in [0.05, 0.1) is 13.3 Å². The van der Waals surface area contributed by atoms with Gasteiger partial charge in [-0.1, -0.05) is 0 Å². The van der Waals surface area contributed by atoms with E-state index in [1.807, 2.05) is 0 Å². The van der Waals surface area contributed by atoms with Crippen molar-refractivity contribution in [2.24, 2.45) is 0 Å². The second-order valence-corrected chi connectivity index (χ2v) is 6.52. The van der Waals surface area contributed by atoms with Gasteiger partial charge in [0.15, 0.2) is 11.5 Å². The number of pyridine rings is 1. The van der Waals surface area contributed by atoms with Crippen LogP contribution in [0, 0.1) is 0 Å². The van der Waals surface area contributed by atoms with Crippen molar-refractivity contribution >= 4 is 23.0 Å². The van der Waals surface area contributed by atoms with Gasteiger partial charge in [-0.15, -0.1) is 13.2 Å². The van der Waals surface area contributed by atoms with E-state index in [-0.39, 0.29) is 22.9 Å². The lowest BCUT2D eigenvalue weighted by Crippen LogP contribution is -2.19. The Morgan fingerprint density at radius 3 is 2.18 bits per heavy atom. The molecule has 0 saturated carbocycles. The van der Waals surface area contributed by atoms with Crippen LogP contribution in [0.1, 0.15) is 5.69 Å². The van der Waals surface area contributed by atoms with Crippen molar-refractivity contribution in [3.63, 3.8) is 0 Å². The van der Waals surface area contributed by atoms with Crippen LogP contribution in [0.2, 0.25) is 0 Å². The highest BCUT2D eigenvalue weighted by Crippen LogP contribution is 2.43. The van der Waals surface area contributed by atoms with Gasteiger partial charge in [0.1, 0.15) is 29.3 Å². The normalized spacial score (nSPS) is 12.1. The Morgan fingerprint density at radius 1 is 0.909 bits per heavy atom. The van der Waals surface area contributed by atoms with Crippen LogP contribution in [0.4, 0.5) is 43.7 Å². The van der Waals surface area contributed by atoms with Crippen molar-refractivity contribution in [1.29, 1.82) is 0 Å². The van der Waals surface area contributed by atoms with Crippen molar-refractivity contribution in [3.05, 3.63) is 66.9 Å². The molecule has 7 nitrogen and oxygen atoms in total. The molecule has 0 spiro atoms. The highest BCUT2D eigenvalue weighted by Gasteiger charge is 2.41. The molecular weight excluding hydrogens is 456 g/mol. The number of hydrogen-bond donors (Lipinski definition) is 0. The Bertz CT molecular complexity index is 1260. The highest BCUT2D eigenvalue weighted by molar-refractivity contribution is 5.76. The fraction of sp³-hybridized carbons (Fsp3) is 0.150. The number of anilines is 3. The van der Waals surface area contributed by atoms with E-state index >= 15 is 0 Å². The fourth-order valence-corrected chi connectivity index (χ4v) is 3.11. The number of hydrogen-bond acceptors (Lipinski definition) is 6. The number of aromatic nitrogens is 4. The lowest BCUT2D eigenvalue weighted by Gasteiger charge is -2.25. The minimum absolute atomic E-state index is 0.0182. The summed E-state index contributed by atoms with van der Waals surface area (Å²) >= 11 is 0. The Kier molecular flexibility index (Phi) is 5.47. The van der Waals surface area contributed by atoms with Crippen LogP contribution >= 0.6 is 0 Å². The molecule has 3 aromatic heterocycles. The second kappa shape index (κ2) is 8.15. The molecule has 0 aliphatic rings. The summed E-state index contributed by atoms with van der Waals surface area (Å²) in [6, 6.07) is 8.44. The van der Waals surface area contributed by atoms with Crippen molar-refractivity contribution in [1.82, 2.24) is 19.4 Å². The van der Waals surface area contributed by atoms with Crippen molar-refractivity contribution in [3.8, 4) is 11.5 Å². The van der Waals surface area contributed by atoms with E-state index in [1.165, 1.54) is 49.8 Å². The Balaban J connectivity index is 1.96. The van der Waals surface area contributed by atoms with Crippen LogP contribution in [0.3, 0.4) is 0 Å². The quantitative estimate of drug-likeness (QED) is 0.359. The summed E-state index contributed by atoms with van der Waals surface area (Å²) in [7, 11) is 1.35. The smallest absolute Gasteiger partial charge is 0.495 e. The Labute approximate surface area is 181 Å². The van der Waals surface area contributed by atoms with Gasteiger partial charge in [0.2, 0.25) is 0 Å². The van der Waals surface area contributed by atoms with Gasteiger partial charge in [0, 0.05) is 11.9 Å². The lowest BCUT2D eigenvalue weighted by atomic mass is 10.2. The summed E-state index contributed by atoms with van der Waals surface area (Å²) in [5, 5.41) is 0. The van der Waals surface area contributed by atoms with E-state index in [0.717, 1.165) is 27.8 Å². The van der Waals surface area contributed by atoms with Crippen LogP contribution < -0.4 is 14.4 Å². The number of ether oxygens (including phenoxy) is 2. The van der Waals surface area contributed by atoms with Gasteiger partial charge in [-0.25, -0.2) is 15.0 Å². The number of imidazole rings is 1. The molecule has 13 heteroatoms. The molecule has 0 aliphatic heterocycles. The largest absolute Gasteiger partial charge is 0.573 e. The number of halogens is 6. The van der Waals surface area contributed by atoms with E-state index in [4.69, 9.17) is 4.74 Å². The third-order valence-corrected chi connectivity index (χ3v) is 4.41. The number of rotatable bonds is 5. The molecule has 0 saturated heterocycles. The molecule has 0 aliphatic carbocycles. The number of fused-ring (bicyclic) bond motifs is 1. The van der Waals surface area contributed by atoms with Gasteiger partial charge < -0.3 is 9.47 Å². The summed E-state index contributed by atoms with van der Waals surface area (Å²) in [6.07, 6.45) is -6.04. The molecule has 3 heterocycles. The average molecular weight is 469 g/mol. The second-order valence-electron chi connectivity index (χ2n) is 6.52. The minimum Gasteiger partial charge on any atom is -0.495 e. The van der Waals surface area contributed by atoms with E-state index < -0.39 is 29.8 Å². The van der Waals surface area contributed by atoms with E-state index in [9.17, 15) is 26.3 Å². The SMILES string of the molecule is COc1ccc2nc(C(F)(F)F)c(N(c3ccc(OC(F)(F)F)cc3)c3ccncn3)n2c1. The first-order chi connectivity index (χ1) is 15.6. The van der Waals surface area contributed by atoms with Crippen molar-refractivity contribution < 1.29 is 35.8 Å². The molecule has 0 unspecified atom stereocenters. The predicted octanol–water partition coefficient (Wildman–Crippen LogP) is 5.52.